The van der Waals surface area contributed by atoms with Crippen LogP contribution in [0.15, 0.2) is 66.3 Å². The molecule has 0 aliphatic carbocycles. The maximum absolute atomic E-state index is 14.0. The summed E-state index contributed by atoms with van der Waals surface area (Å²) in [4.78, 5) is 41.3. The molecule has 2 fully saturated rings. The van der Waals surface area contributed by atoms with E-state index in [-0.39, 0.29) is 17.9 Å². The number of hydrogen-bond donors (Lipinski definition) is 3. The number of carbonyl (C=O) groups is 3. The van der Waals surface area contributed by atoms with Gasteiger partial charge in [0.15, 0.2) is 5.72 Å². The van der Waals surface area contributed by atoms with E-state index in [0.717, 1.165) is 11.1 Å². The number of epoxide rings is 1. The molecule has 3 aliphatic rings. The quantitative estimate of drug-likeness (QED) is 0.362. The Balaban J connectivity index is 1.54. The number of fused-ring (bicyclic) bond motifs is 5. The molecule has 2 saturated heterocycles. The molecule has 3 amide bonds. The summed E-state index contributed by atoms with van der Waals surface area (Å²) in [5.41, 5.74) is -0.234. The number of halogens is 1. The average Bonchev–Trinajstić information content (AvgIpc) is 3.74. The summed E-state index contributed by atoms with van der Waals surface area (Å²) in [6, 6.07) is 12.4. The Morgan fingerprint density at radius 3 is 2.60 bits per heavy atom. The molecule has 13 heteroatoms. The number of amides is 3. The van der Waals surface area contributed by atoms with Gasteiger partial charge >= 0.3 is 12.2 Å². The first-order valence-electron chi connectivity index (χ1n) is 15.7. The topological polar surface area (TPSA) is 148 Å². The van der Waals surface area contributed by atoms with Crippen LogP contribution in [0.25, 0.3) is 0 Å². The highest BCUT2D eigenvalue weighted by Crippen LogP contribution is 2.49. The van der Waals surface area contributed by atoms with Crippen LogP contribution in [0.1, 0.15) is 39.2 Å². The summed E-state index contributed by atoms with van der Waals surface area (Å²) in [5, 5.41) is 17.1. The van der Waals surface area contributed by atoms with Gasteiger partial charge < -0.3 is 33.7 Å². The van der Waals surface area contributed by atoms with Crippen molar-refractivity contribution >= 4 is 41.1 Å². The molecule has 48 heavy (non-hydrogen) atoms. The smallest absolute Gasteiger partial charge is 0.412 e. The fourth-order valence-electron chi connectivity index (χ4n) is 6.40. The van der Waals surface area contributed by atoms with Crippen molar-refractivity contribution in [3.05, 3.63) is 76.9 Å². The van der Waals surface area contributed by atoms with Crippen molar-refractivity contribution in [2.45, 2.75) is 75.8 Å². The summed E-state index contributed by atoms with van der Waals surface area (Å²) < 4.78 is 28.9. The van der Waals surface area contributed by atoms with Crippen LogP contribution >= 0.6 is 11.6 Å². The molecule has 5 rings (SSSR count). The van der Waals surface area contributed by atoms with Crippen molar-refractivity contribution in [1.82, 2.24) is 5.32 Å². The number of nitrogens with zero attached hydrogens (tertiary/aromatic N) is 1. The number of carbonyl (C=O) groups excluding carboxylic acids is 3. The fraction of sp³-hybridized carbons (Fsp3) is 0.457. The monoisotopic (exact) mass is 683 g/mol. The second-order valence-electron chi connectivity index (χ2n) is 12.7. The van der Waals surface area contributed by atoms with Gasteiger partial charge in [0.2, 0.25) is 5.91 Å². The van der Waals surface area contributed by atoms with E-state index in [0.29, 0.717) is 23.5 Å². The van der Waals surface area contributed by atoms with Gasteiger partial charge in [0.1, 0.15) is 34.7 Å². The lowest BCUT2D eigenvalue weighted by Crippen LogP contribution is -2.63. The maximum atomic E-state index is 14.0. The van der Waals surface area contributed by atoms with Gasteiger partial charge in [-0.1, -0.05) is 60.5 Å². The first-order valence-corrected chi connectivity index (χ1v) is 16.1. The molecule has 12 nitrogen and oxygen atoms in total. The van der Waals surface area contributed by atoms with Crippen LogP contribution in [0.2, 0.25) is 5.02 Å². The molecule has 0 aromatic heterocycles. The number of aliphatic hydroxyl groups is 1. The minimum absolute atomic E-state index is 0.0206. The van der Waals surface area contributed by atoms with Crippen molar-refractivity contribution in [2.24, 2.45) is 5.92 Å². The summed E-state index contributed by atoms with van der Waals surface area (Å²) >= 11 is 6.72. The largest absolute Gasteiger partial charge is 0.495 e. The van der Waals surface area contributed by atoms with Crippen molar-refractivity contribution in [3.8, 4) is 5.75 Å². The molecule has 3 heterocycles. The minimum atomic E-state index is -1.79. The standard InChI is InChI=1S/C35H42ClN3O9/c1-20-11-10-14-27(45-6)35(43)19-26(46-33(42)38-35)21(2)31-34(3,48-31)28(47-32(41)37-23-12-8-7-9-13-23)18-29(40)39(4)24-16-22(15-20)17-25(44-5)30(24)36/h7-14,16-17,21,26-28,31,43H,15,18-19H2,1-6H3,(H,37,41)(H,38,42)/b14-10+,20-11+/t21-,26+,27-,28+,31+,34+,35+/m1/s1. The zero-order valence-electron chi connectivity index (χ0n) is 27.8. The SMILES string of the molecule is COc1cc2cc(c1Cl)N(C)C(=O)C[C@H](OC(=O)Nc1ccccc1)[C@]1(C)O[C@H]1[C@H](C)[C@@H]1C[C@@](O)(NC(=O)O1)[C@H](OC)/C=C/C=C(\C)C2. The molecule has 3 aliphatic heterocycles. The number of methoxy groups -OCH3 is 2. The molecule has 0 radical (unpaired) electrons. The Hall–Kier alpha value is -4.10. The Kier molecular flexibility index (Phi) is 10.4. The highest BCUT2D eigenvalue weighted by Gasteiger charge is 2.64. The molecule has 0 spiro atoms. The lowest BCUT2D eigenvalue weighted by atomic mass is 9.83. The number of anilines is 2. The summed E-state index contributed by atoms with van der Waals surface area (Å²) in [5.74, 6) is -0.482. The zero-order chi connectivity index (χ0) is 34.8. The lowest BCUT2D eigenvalue weighted by Gasteiger charge is -2.42. The molecule has 2 aromatic rings. The highest BCUT2D eigenvalue weighted by atomic mass is 35.5. The van der Waals surface area contributed by atoms with Crippen LogP contribution < -0.4 is 20.3 Å². The van der Waals surface area contributed by atoms with E-state index >= 15 is 0 Å². The second kappa shape index (κ2) is 14.2. The van der Waals surface area contributed by atoms with E-state index in [1.165, 1.54) is 19.1 Å². The summed E-state index contributed by atoms with van der Waals surface area (Å²) in [7, 11) is 4.54. The average molecular weight is 684 g/mol. The van der Waals surface area contributed by atoms with Crippen LogP contribution in [-0.2, 0) is 30.2 Å². The summed E-state index contributed by atoms with van der Waals surface area (Å²) in [6.45, 7) is 5.49. The van der Waals surface area contributed by atoms with Crippen LogP contribution in [0, 0.1) is 5.92 Å². The predicted octanol–water partition coefficient (Wildman–Crippen LogP) is 5.37. The van der Waals surface area contributed by atoms with E-state index in [2.05, 4.69) is 10.6 Å². The molecule has 0 saturated carbocycles. The van der Waals surface area contributed by atoms with Crippen LogP contribution in [-0.4, -0.2) is 80.2 Å². The Labute approximate surface area is 284 Å². The van der Waals surface area contributed by atoms with Gasteiger partial charge in [0.05, 0.1) is 25.3 Å². The summed E-state index contributed by atoms with van der Waals surface area (Å²) in [6.07, 6.45) is 0.518. The third-order valence-corrected chi connectivity index (χ3v) is 9.60. The molecule has 4 bridgehead atoms. The molecule has 2 aromatic carbocycles. The van der Waals surface area contributed by atoms with Gasteiger partial charge in [-0.2, -0.15) is 0 Å². The van der Waals surface area contributed by atoms with E-state index in [1.54, 1.807) is 56.5 Å². The van der Waals surface area contributed by atoms with Crippen molar-refractivity contribution < 1.29 is 43.2 Å². The lowest BCUT2D eigenvalue weighted by molar-refractivity contribution is -0.142. The number of benzene rings is 2. The Morgan fingerprint density at radius 2 is 1.92 bits per heavy atom. The first kappa shape index (κ1) is 35.2. The van der Waals surface area contributed by atoms with Gasteiger partial charge in [0.25, 0.3) is 0 Å². The number of para-hydroxylation sites is 1. The van der Waals surface area contributed by atoms with Crippen LogP contribution in [0.4, 0.5) is 21.0 Å². The number of allylic oxidation sites excluding steroid dienone is 3. The number of ether oxygens (including phenoxy) is 5. The molecular weight excluding hydrogens is 642 g/mol. The molecule has 3 N–H and O–H groups in total. The number of nitrogens with one attached hydrogen (secondary N) is 2. The third-order valence-electron chi connectivity index (χ3n) is 9.22. The Bertz CT molecular complexity index is 1600. The maximum Gasteiger partial charge on any atom is 0.412 e. The predicted molar refractivity (Wildman–Crippen MR) is 179 cm³/mol. The molecular formula is C35H42ClN3O9. The van der Waals surface area contributed by atoms with Crippen LogP contribution in [0.3, 0.4) is 0 Å². The molecule has 258 valence electrons. The van der Waals surface area contributed by atoms with Gasteiger partial charge in [-0.3, -0.25) is 15.4 Å². The van der Waals surface area contributed by atoms with Gasteiger partial charge in [-0.05, 0) is 50.1 Å². The van der Waals surface area contributed by atoms with Crippen LogP contribution in [0.5, 0.6) is 5.75 Å². The van der Waals surface area contributed by atoms with Crippen molar-refractivity contribution in [1.29, 1.82) is 0 Å². The van der Waals surface area contributed by atoms with E-state index in [4.69, 9.17) is 35.3 Å². The zero-order valence-corrected chi connectivity index (χ0v) is 28.6. The van der Waals surface area contributed by atoms with Gasteiger partial charge in [0, 0.05) is 32.2 Å². The van der Waals surface area contributed by atoms with Crippen molar-refractivity contribution in [2.75, 3.05) is 31.5 Å². The minimum Gasteiger partial charge on any atom is -0.495 e. The highest BCUT2D eigenvalue weighted by molar-refractivity contribution is 6.35. The fourth-order valence-corrected chi connectivity index (χ4v) is 6.72. The van der Waals surface area contributed by atoms with E-state index < -0.39 is 59.8 Å². The van der Waals surface area contributed by atoms with Crippen molar-refractivity contribution in [3.63, 3.8) is 0 Å². The number of alkyl carbamates (subject to hydrolysis) is 1. The van der Waals surface area contributed by atoms with Gasteiger partial charge in [-0.25, -0.2) is 9.59 Å². The molecule has 0 unspecified atom stereocenters. The first-order chi connectivity index (χ1) is 22.8. The Morgan fingerprint density at radius 1 is 1.19 bits per heavy atom. The number of rotatable bonds is 4. The van der Waals surface area contributed by atoms with Gasteiger partial charge in [-0.15, -0.1) is 0 Å². The van der Waals surface area contributed by atoms with E-state index in [1.807, 2.05) is 32.1 Å². The normalized spacial score (nSPS) is 32.5. The number of hydrogen-bond acceptors (Lipinski definition) is 9. The molecule has 7 atom stereocenters. The second-order valence-corrected chi connectivity index (χ2v) is 13.1. The van der Waals surface area contributed by atoms with E-state index in [9.17, 15) is 19.5 Å². The third kappa shape index (κ3) is 7.46.